The van der Waals surface area contributed by atoms with Crippen molar-refractivity contribution in [3.63, 3.8) is 0 Å². The zero-order chi connectivity index (χ0) is 38.9. The number of hydrogen-bond donors (Lipinski definition) is 6. The molecule has 4 aromatic carbocycles. The van der Waals surface area contributed by atoms with Crippen molar-refractivity contribution in [3.8, 4) is 11.1 Å². The molecule has 0 bridgehead atoms. The molecule has 0 fully saturated rings. The topological polar surface area (TPSA) is 277 Å². The Labute approximate surface area is 309 Å². The number of fused-ring (bicyclic) bond motifs is 2. The van der Waals surface area contributed by atoms with Gasteiger partial charge in [-0.1, -0.05) is 24.3 Å². The highest BCUT2D eigenvalue weighted by atomic mass is 35.5. The van der Waals surface area contributed by atoms with Crippen LogP contribution in [0.25, 0.3) is 22.0 Å². The Morgan fingerprint density at radius 2 is 1.22 bits per heavy atom. The van der Waals surface area contributed by atoms with Crippen molar-refractivity contribution in [2.75, 3.05) is 16.0 Å². The number of pyridine rings is 1. The van der Waals surface area contributed by atoms with Crippen LogP contribution < -0.4 is 21.5 Å². The highest BCUT2D eigenvalue weighted by molar-refractivity contribution is 7.87. The first-order valence-corrected chi connectivity index (χ1v) is 19.7. The Morgan fingerprint density at radius 1 is 0.630 bits per heavy atom. The minimum atomic E-state index is -5.24. The minimum absolute atomic E-state index is 0.00654. The van der Waals surface area contributed by atoms with Crippen LogP contribution in [0.1, 0.15) is 15.9 Å². The van der Waals surface area contributed by atoms with E-state index in [1.165, 1.54) is 41.9 Å². The average Bonchev–Trinajstić information content (AvgIpc) is 3.08. The van der Waals surface area contributed by atoms with Gasteiger partial charge in [0.05, 0.1) is 33.0 Å². The number of aryl methyl sites for hydroxylation is 1. The number of anilines is 6. The van der Waals surface area contributed by atoms with Crippen LogP contribution in [-0.4, -0.2) is 64.2 Å². The maximum absolute atomic E-state index is 14.0. The van der Waals surface area contributed by atoms with Gasteiger partial charge in [0, 0.05) is 29.8 Å². The summed E-state index contributed by atoms with van der Waals surface area (Å²) in [6.07, 6.45) is 0. The number of aromatic nitrogens is 4. The summed E-state index contributed by atoms with van der Waals surface area (Å²) in [7, 11) is -13.4. The van der Waals surface area contributed by atoms with Gasteiger partial charge in [0.15, 0.2) is 5.78 Å². The normalized spacial score (nSPS) is 12.7. The van der Waals surface area contributed by atoms with Crippen LogP contribution >= 0.6 is 11.6 Å². The third kappa shape index (κ3) is 6.75. The van der Waals surface area contributed by atoms with Crippen molar-refractivity contribution in [2.45, 2.75) is 14.7 Å². The predicted molar refractivity (Wildman–Crippen MR) is 195 cm³/mol. The third-order valence-electron chi connectivity index (χ3n) is 8.27. The van der Waals surface area contributed by atoms with Gasteiger partial charge in [-0.25, -0.2) is 0 Å². The van der Waals surface area contributed by atoms with Gasteiger partial charge in [-0.3, -0.25) is 23.2 Å². The monoisotopic (exact) mass is 811 g/mol. The molecule has 1 aliphatic rings. The number of hydrogen-bond acceptors (Lipinski definition) is 14. The number of nitrogens with zero attached hydrogens (tertiary/aromatic N) is 4. The van der Waals surface area contributed by atoms with E-state index in [-0.39, 0.29) is 34.0 Å². The SMILES string of the molecule is Cn1c(=O)cc2c3c(c(Nc4cc(Nc5nc(Cl)nc(Nc6ccc(S(=O)(=O)O)cc6)n5)c(S(=O)(=O)O)cc4S(=O)(=O)O)ccc31)C(=O)c1ccccc1-2. The Hall–Kier alpha value is -5.81. The van der Waals surface area contributed by atoms with Gasteiger partial charge in [-0.05, 0) is 71.3 Å². The van der Waals surface area contributed by atoms with E-state index in [1.807, 2.05) is 0 Å². The lowest BCUT2D eigenvalue weighted by atomic mass is 9.83. The molecule has 0 saturated carbocycles. The Balaban J connectivity index is 1.36. The van der Waals surface area contributed by atoms with E-state index >= 15 is 0 Å². The molecule has 0 amide bonds. The minimum Gasteiger partial charge on any atom is -0.354 e. The Morgan fingerprint density at radius 3 is 1.83 bits per heavy atom. The molecule has 0 atom stereocenters. The van der Waals surface area contributed by atoms with E-state index in [2.05, 4.69) is 30.9 Å². The van der Waals surface area contributed by atoms with Gasteiger partial charge < -0.3 is 20.5 Å². The van der Waals surface area contributed by atoms with E-state index in [0.717, 1.165) is 18.2 Å². The number of benzene rings is 4. The Kier molecular flexibility index (Phi) is 8.76. The number of nitrogens with one attached hydrogen (secondary N) is 3. The lowest BCUT2D eigenvalue weighted by Crippen LogP contribution is -2.21. The first kappa shape index (κ1) is 36.5. The molecular formula is C32H22ClN7O11S3. The first-order chi connectivity index (χ1) is 25.3. The summed E-state index contributed by atoms with van der Waals surface area (Å²) >= 11 is 6.09. The van der Waals surface area contributed by atoms with Crippen molar-refractivity contribution in [1.29, 1.82) is 0 Å². The van der Waals surface area contributed by atoms with Gasteiger partial charge >= 0.3 is 0 Å². The van der Waals surface area contributed by atoms with Crippen molar-refractivity contribution >= 4 is 93.3 Å². The van der Waals surface area contributed by atoms with E-state index in [9.17, 15) is 48.5 Å². The number of halogens is 1. The summed E-state index contributed by atoms with van der Waals surface area (Å²) in [5, 5.41) is 7.98. The molecule has 0 spiro atoms. The average molecular weight is 812 g/mol. The van der Waals surface area contributed by atoms with E-state index in [0.29, 0.717) is 28.1 Å². The molecule has 54 heavy (non-hydrogen) atoms. The van der Waals surface area contributed by atoms with Crippen LogP contribution in [0, 0.1) is 0 Å². The van der Waals surface area contributed by atoms with Gasteiger partial charge in [0.1, 0.15) is 9.79 Å². The van der Waals surface area contributed by atoms with Gasteiger partial charge in [0.25, 0.3) is 35.9 Å². The lowest BCUT2D eigenvalue weighted by molar-refractivity contribution is 0.104. The molecule has 0 unspecified atom stereocenters. The van der Waals surface area contributed by atoms with Crippen LogP contribution in [0.2, 0.25) is 5.28 Å². The molecule has 2 aromatic heterocycles. The predicted octanol–water partition coefficient (Wildman–Crippen LogP) is 4.56. The Bertz CT molecular complexity index is 3010. The molecule has 0 aliphatic heterocycles. The maximum atomic E-state index is 14.0. The van der Waals surface area contributed by atoms with Crippen LogP contribution in [-0.2, 0) is 37.4 Å². The first-order valence-electron chi connectivity index (χ1n) is 15.0. The molecule has 7 rings (SSSR count). The summed E-state index contributed by atoms with van der Waals surface area (Å²) in [6.45, 7) is 0. The smallest absolute Gasteiger partial charge is 0.296 e. The van der Waals surface area contributed by atoms with Crippen molar-refractivity contribution < 1.29 is 43.7 Å². The number of rotatable bonds is 9. The fourth-order valence-electron chi connectivity index (χ4n) is 5.91. The quantitative estimate of drug-likeness (QED) is 0.109. The molecule has 276 valence electrons. The van der Waals surface area contributed by atoms with E-state index in [1.54, 1.807) is 24.3 Å². The van der Waals surface area contributed by atoms with Gasteiger partial charge in [-0.15, -0.1) is 0 Å². The van der Waals surface area contributed by atoms with E-state index in [4.69, 9.17) is 11.6 Å². The van der Waals surface area contributed by atoms with Crippen LogP contribution in [0.4, 0.5) is 34.6 Å². The summed E-state index contributed by atoms with van der Waals surface area (Å²) in [6, 6.07) is 16.9. The highest BCUT2D eigenvalue weighted by Gasteiger charge is 2.31. The number of carbonyl (C=O) groups is 1. The highest BCUT2D eigenvalue weighted by Crippen LogP contribution is 2.43. The fraction of sp³-hybridized carbons (Fsp3) is 0.0312. The zero-order valence-electron chi connectivity index (χ0n) is 27.0. The second kappa shape index (κ2) is 12.9. The molecule has 0 saturated heterocycles. The number of carbonyl (C=O) groups excluding carboxylic acids is 1. The molecule has 2 heterocycles. The van der Waals surface area contributed by atoms with Gasteiger partial charge in [-0.2, -0.15) is 40.2 Å². The van der Waals surface area contributed by atoms with Crippen molar-refractivity contribution in [3.05, 3.63) is 106 Å². The molecule has 22 heteroatoms. The number of ketones is 1. The molecule has 6 aromatic rings. The summed E-state index contributed by atoms with van der Waals surface area (Å²) in [4.78, 5) is 36.4. The summed E-state index contributed by atoms with van der Waals surface area (Å²) in [5.74, 6) is -1.18. The van der Waals surface area contributed by atoms with Crippen LogP contribution in [0.15, 0.2) is 98.3 Å². The fourth-order valence-corrected chi connectivity index (χ4v) is 7.93. The summed E-state index contributed by atoms with van der Waals surface area (Å²) < 4.78 is 104. The van der Waals surface area contributed by atoms with Crippen molar-refractivity contribution in [1.82, 2.24) is 19.5 Å². The second-order valence-electron chi connectivity index (χ2n) is 11.6. The van der Waals surface area contributed by atoms with Gasteiger partial charge in [0.2, 0.25) is 17.2 Å². The maximum Gasteiger partial charge on any atom is 0.296 e. The second-order valence-corrected chi connectivity index (χ2v) is 16.2. The molecule has 1 aliphatic carbocycles. The molecule has 18 nitrogen and oxygen atoms in total. The summed E-state index contributed by atoms with van der Waals surface area (Å²) in [5.41, 5.74) is 0.463. The lowest BCUT2D eigenvalue weighted by Gasteiger charge is -2.24. The standard InChI is InChI=1S/C32H22ClN7O11S3/c1-40-23-11-10-20(28-27(23)19(12-26(40)41)17-4-2-3-5-18(17)29(28)42)35-21-13-22(25(54(49,50)51)14-24(21)53(46,47)48)36-32-38-30(33)37-31(39-32)34-15-6-8-16(9-7-15)52(43,44)45/h2-14,35H,1H3,(H,43,44,45)(H,46,47,48)(H,49,50,51)(H2,34,36,37,38,39). The molecular weight excluding hydrogens is 790 g/mol. The van der Waals surface area contributed by atoms with Crippen LogP contribution in [0.3, 0.4) is 0 Å². The van der Waals surface area contributed by atoms with E-state index < -0.39 is 73.4 Å². The molecule has 0 radical (unpaired) electrons. The zero-order valence-corrected chi connectivity index (χ0v) is 30.2. The van der Waals surface area contributed by atoms with Crippen molar-refractivity contribution in [2.24, 2.45) is 7.05 Å². The van der Waals surface area contributed by atoms with Crippen LogP contribution in [0.5, 0.6) is 0 Å². The largest absolute Gasteiger partial charge is 0.354 e. The third-order valence-corrected chi connectivity index (χ3v) is 11.1. The molecule has 6 N–H and O–H groups in total.